The smallest absolute Gasteiger partial charge is 0.146 e. The average molecular weight is 407 g/mol. The molecule has 20 heavy (non-hydrogen) atoms. The van der Waals surface area contributed by atoms with Crippen LogP contribution in [0.4, 0.5) is 0 Å². The Labute approximate surface area is 141 Å². The van der Waals surface area contributed by atoms with Gasteiger partial charge in [0.05, 0.1) is 9.26 Å². The van der Waals surface area contributed by atoms with E-state index in [0.717, 1.165) is 33.8 Å². The van der Waals surface area contributed by atoms with Crippen LogP contribution < -0.4 is 0 Å². The first kappa shape index (κ1) is 16.5. The fourth-order valence-electron chi connectivity index (χ4n) is 3.18. The van der Waals surface area contributed by atoms with Crippen LogP contribution in [0.5, 0.6) is 0 Å². The molecular weight excluding hydrogens is 383 g/mol. The summed E-state index contributed by atoms with van der Waals surface area (Å²) in [5.41, 5.74) is 1.14. The number of aryl methyl sites for hydroxylation is 1. The summed E-state index contributed by atoms with van der Waals surface area (Å²) < 4.78 is 1.04. The summed E-state index contributed by atoms with van der Waals surface area (Å²) >= 11 is 8.57. The molecule has 4 heteroatoms. The maximum Gasteiger partial charge on any atom is 0.146 e. The predicted molar refractivity (Wildman–Crippen MR) is 93.4 cm³/mol. The third kappa shape index (κ3) is 4.06. The van der Waals surface area contributed by atoms with E-state index in [0.29, 0.717) is 11.1 Å². The predicted octanol–water partition coefficient (Wildman–Crippen LogP) is 5.76. The first-order valence-corrected chi connectivity index (χ1v) is 9.33. The molecule has 1 aromatic heterocycles. The Morgan fingerprint density at radius 2 is 1.80 bits per heavy atom. The lowest BCUT2D eigenvalue weighted by Gasteiger charge is -2.27. The molecule has 1 aliphatic rings. The molecule has 112 valence electrons. The van der Waals surface area contributed by atoms with Crippen molar-refractivity contribution in [2.24, 2.45) is 5.92 Å². The minimum atomic E-state index is 0.521. The highest BCUT2D eigenvalue weighted by atomic mass is 127. The van der Waals surface area contributed by atoms with Crippen molar-refractivity contribution in [2.75, 3.05) is 0 Å². The largest absolute Gasteiger partial charge is 0.236 e. The van der Waals surface area contributed by atoms with E-state index in [4.69, 9.17) is 16.6 Å². The number of halogens is 2. The van der Waals surface area contributed by atoms with Gasteiger partial charge in [-0.2, -0.15) is 0 Å². The average Bonchev–Trinajstić information content (AvgIpc) is 2.45. The fourth-order valence-corrected chi connectivity index (χ4v) is 3.89. The van der Waals surface area contributed by atoms with E-state index in [1.807, 2.05) is 0 Å². The fraction of sp³-hybridized carbons (Fsp3) is 0.750. The van der Waals surface area contributed by atoms with Crippen molar-refractivity contribution in [2.45, 2.75) is 71.1 Å². The molecule has 0 unspecified atom stereocenters. The van der Waals surface area contributed by atoms with Crippen molar-refractivity contribution in [3.8, 4) is 0 Å². The highest BCUT2D eigenvalue weighted by molar-refractivity contribution is 14.1. The van der Waals surface area contributed by atoms with Crippen LogP contribution >= 0.6 is 34.2 Å². The third-order valence-electron chi connectivity index (χ3n) is 4.29. The van der Waals surface area contributed by atoms with Crippen molar-refractivity contribution in [3.63, 3.8) is 0 Å². The number of hydrogen-bond donors (Lipinski definition) is 0. The normalized spacial score (nSPS) is 23.0. The molecule has 0 N–H and O–H groups in total. The van der Waals surface area contributed by atoms with E-state index in [1.165, 1.54) is 38.5 Å². The van der Waals surface area contributed by atoms with Gasteiger partial charge in [0.1, 0.15) is 11.0 Å². The van der Waals surface area contributed by atoms with E-state index in [-0.39, 0.29) is 0 Å². The number of hydrogen-bond acceptors (Lipinski definition) is 2. The SMILES string of the molecule is CCCc1nc(C2CCC(CCC)CC2)nc(Cl)c1I. The van der Waals surface area contributed by atoms with Crippen molar-refractivity contribution in [3.05, 3.63) is 20.2 Å². The zero-order chi connectivity index (χ0) is 14.5. The van der Waals surface area contributed by atoms with Crippen LogP contribution in [0.15, 0.2) is 0 Å². The number of nitrogens with zero attached hydrogens (tertiary/aromatic N) is 2. The van der Waals surface area contributed by atoms with Gasteiger partial charge in [0.15, 0.2) is 0 Å². The van der Waals surface area contributed by atoms with Gasteiger partial charge in [-0.05, 0) is 60.6 Å². The van der Waals surface area contributed by atoms with Gasteiger partial charge in [-0.3, -0.25) is 0 Å². The lowest BCUT2D eigenvalue weighted by Crippen LogP contribution is -2.16. The first-order chi connectivity index (χ1) is 9.65. The molecular formula is C16H24ClIN2. The molecule has 0 spiro atoms. The molecule has 0 aromatic carbocycles. The van der Waals surface area contributed by atoms with Crippen molar-refractivity contribution >= 4 is 34.2 Å². The van der Waals surface area contributed by atoms with Crippen LogP contribution in [0.2, 0.25) is 5.15 Å². The third-order valence-corrected chi connectivity index (χ3v) is 6.02. The van der Waals surface area contributed by atoms with Gasteiger partial charge in [-0.1, -0.05) is 44.7 Å². The van der Waals surface area contributed by atoms with Crippen LogP contribution in [0.25, 0.3) is 0 Å². The maximum atomic E-state index is 6.29. The molecule has 0 saturated heterocycles. The zero-order valence-corrected chi connectivity index (χ0v) is 15.4. The van der Waals surface area contributed by atoms with Crippen LogP contribution in [-0.2, 0) is 6.42 Å². The second-order valence-electron chi connectivity index (χ2n) is 5.89. The van der Waals surface area contributed by atoms with Crippen molar-refractivity contribution < 1.29 is 0 Å². The van der Waals surface area contributed by atoms with Gasteiger partial charge in [0.25, 0.3) is 0 Å². The first-order valence-electron chi connectivity index (χ1n) is 7.87. The molecule has 2 nitrogen and oxygen atoms in total. The molecule has 0 radical (unpaired) electrons. The van der Waals surface area contributed by atoms with E-state index in [1.54, 1.807) is 0 Å². The molecule has 1 fully saturated rings. The Bertz CT molecular complexity index is 442. The second-order valence-corrected chi connectivity index (χ2v) is 7.33. The van der Waals surface area contributed by atoms with E-state index >= 15 is 0 Å². The van der Waals surface area contributed by atoms with Gasteiger partial charge in [-0.15, -0.1) is 0 Å². The van der Waals surface area contributed by atoms with Gasteiger partial charge in [0.2, 0.25) is 0 Å². The Morgan fingerprint density at radius 3 is 2.40 bits per heavy atom. The summed E-state index contributed by atoms with van der Waals surface area (Å²) in [4.78, 5) is 9.37. The van der Waals surface area contributed by atoms with Gasteiger partial charge in [-0.25, -0.2) is 9.97 Å². The standard InChI is InChI=1S/C16H24ClIN2/c1-3-5-11-7-9-12(10-8-11)16-19-13(6-4-2)14(18)15(17)20-16/h11-12H,3-10H2,1-2H3. The van der Waals surface area contributed by atoms with Crippen molar-refractivity contribution in [1.82, 2.24) is 9.97 Å². The second kappa shape index (κ2) is 7.92. The molecule has 0 aliphatic heterocycles. The monoisotopic (exact) mass is 406 g/mol. The number of rotatable bonds is 5. The molecule has 1 aliphatic carbocycles. The van der Waals surface area contributed by atoms with Crippen molar-refractivity contribution in [1.29, 1.82) is 0 Å². The van der Waals surface area contributed by atoms with E-state index in [9.17, 15) is 0 Å². The van der Waals surface area contributed by atoms with Gasteiger partial charge in [0, 0.05) is 5.92 Å². The summed E-state index contributed by atoms with van der Waals surface area (Å²) in [6, 6.07) is 0. The Balaban J connectivity index is 2.09. The van der Waals surface area contributed by atoms with Gasteiger partial charge < -0.3 is 0 Å². The molecule has 2 rings (SSSR count). The minimum absolute atomic E-state index is 0.521. The summed E-state index contributed by atoms with van der Waals surface area (Å²) in [7, 11) is 0. The van der Waals surface area contributed by atoms with Crippen LogP contribution in [-0.4, -0.2) is 9.97 Å². The molecule has 0 atom stereocenters. The van der Waals surface area contributed by atoms with Crippen LogP contribution in [0, 0.1) is 9.49 Å². The van der Waals surface area contributed by atoms with Crippen LogP contribution in [0.1, 0.15) is 76.2 Å². The molecule has 0 bridgehead atoms. The van der Waals surface area contributed by atoms with Gasteiger partial charge >= 0.3 is 0 Å². The summed E-state index contributed by atoms with van der Waals surface area (Å²) in [6.45, 7) is 4.47. The molecule has 1 heterocycles. The molecule has 1 saturated carbocycles. The topological polar surface area (TPSA) is 25.8 Å². The Morgan fingerprint density at radius 1 is 1.10 bits per heavy atom. The lowest BCUT2D eigenvalue weighted by atomic mass is 9.80. The lowest BCUT2D eigenvalue weighted by molar-refractivity contribution is 0.302. The Hall–Kier alpha value is 0.100. The molecule has 1 aromatic rings. The number of aromatic nitrogens is 2. The minimum Gasteiger partial charge on any atom is -0.236 e. The summed E-state index contributed by atoms with van der Waals surface area (Å²) in [5.74, 6) is 2.44. The quantitative estimate of drug-likeness (QED) is 0.459. The van der Waals surface area contributed by atoms with E-state index in [2.05, 4.69) is 41.4 Å². The van der Waals surface area contributed by atoms with Crippen LogP contribution in [0.3, 0.4) is 0 Å². The summed E-state index contributed by atoms with van der Waals surface area (Å²) in [6.07, 6.45) is 9.90. The van der Waals surface area contributed by atoms with E-state index < -0.39 is 0 Å². The Kier molecular flexibility index (Phi) is 6.53. The summed E-state index contributed by atoms with van der Waals surface area (Å²) in [5, 5.41) is 0.648. The zero-order valence-electron chi connectivity index (χ0n) is 12.5. The molecule has 0 amide bonds. The highest BCUT2D eigenvalue weighted by Gasteiger charge is 2.25. The maximum absolute atomic E-state index is 6.29. The highest BCUT2D eigenvalue weighted by Crippen LogP contribution is 2.37.